The summed E-state index contributed by atoms with van der Waals surface area (Å²) < 4.78 is 0. The minimum Gasteiger partial charge on any atom is -0.481 e. The summed E-state index contributed by atoms with van der Waals surface area (Å²) in [5.74, 6) is -1.47. The number of carbonyl (C=O) groups excluding carboxylic acids is 2. The van der Waals surface area contributed by atoms with Gasteiger partial charge >= 0.3 is 12.0 Å². The van der Waals surface area contributed by atoms with Crippen molar-refractivity contribution in [2.24, 2.45) is 11.8 Å². The zero-order valence-electron chi connectivity index (χ0n) is 14.3. The van der Waals surface area contributed by atoms with Crippen LogP contribution in [0.5, 0.6) is 0 Å². The fourth-order valence-electron chi connectivity index (χ4n) is 4.28. The summed E-state index contributed by atoms with van der Waals surface area (Å²) in [4.78, 5) is 42.1. The smallest absolute Gasteiger partial charge is 0.320 e. The van der Waals surface area contributed by atoms with Crippen molar-refractivity contribution in [3.8, 4) is 0 Å². The number of carboxylic acid groups (broad SMARTS) is 1. The van der Waals surface area contributed by atoms with Crippen molar-refractivity contribution in [3.05, 3.63) is 0 Å². The van der Waals surface area contributed by atoms with E-state index < -0.39 is 11.9 Å². The lowest BCUT2D eigenvalue weighted by Gasteiger charge is -2.37. The molecule has 134 valence electrons. The molecule has 3 heterocycles. The Labute approximate surface area is 142 Å². The van der Waals surface area contributed by atoms with E-state index in [0.717, 1.165) is 38.8 Å². The van der Waals surface area contributed by atoms with Crippen LogP contribution in [-0.2, 0) is 9.59 Å². The van der Waals surface area contributed by atoms with Crippen LogP contribution in [0, 0.1) is 11.8 Å². The highest BCUT2D eigenvalue weighted by molar-refractivity contribution is 5.83. The van der Waals surface area contributed by atoms with Crippen molar-refractivity contribution in [1.29, 1.82) is 0 Å². The maximum absolute atomic E-state index is 12.8. The Kier molecular flexibility index (Phi) is 4.96. The Morgan fingerprint density at radius 3 is 2.21 bits per heavy atom. The predicted octanol–water partition coefficient (Wildman–Crippen LogP) is 1.24. The van der Waals surface area contributed by atoms with Crippen LogP contribution in [0.3, 0.4) is 0 Å². The fraction of sp³-hybridized carbons (Fsp3) is 0.824. The molecule has 3 rings (SSSR count). The van der Waals surface area contributed by atoms with Crippen LogP contribution in [0.1, 0.15) is 39.0 Å². The maximum Gasteiger partial charge on any atom is 0.320 e. The Hall–Kier alpha value is -1.79. The summed E-state index contributed by atoms with van der Waals surface area (Å²) in [6, 6.07) is -0.206. The Bertz CT molecular complexity index is 518. The zero-order valence-corrected chi connectivity index (χ0v) is 14.3. The largest absolute Gasteiger partial charge is 0.481 e. The molecular weight excluding hydrogens is 310 g/mol. The van der Waals surface area contributed by atoms with Gasteiger partial charge < -0.3 is 19.8 Å². The van der Waals surface area contributed by atoms with Crippen LogP contribution in [0.15, 0.2) is 0 Å². The number of likely N-dealkylation sites (tertiary alicyclic amines) is 3. The SMILES string of the molecule is CC1C(C(=O)O)CCN1C(=O)C1CCCN(C(=O)N2CCCC2)C1. The number of nitrogens with zero attached hydrogens (tertiary/aromatic N) is 3. The summed E-state index contributed by atoms with van der Waals surface area (Å²) in [6.45, 7) is 5.14. The van der Waals surface area contributed by atoms with Gasteiger partial charge in [-0.3, -0.25) is 9.59 Å². The molecule has 3 aliphatic heterocycles. The van der Waals surface area contributed by atoms with Crippen molar-refractivity contribution in [1.82, 2.24) is 14.7 Å². The van der Waals surface area contributed by atoms with Gasteiger partial charge in [0.1, 0.15) is 0 Å². The molecule has 1 N–H and O–H groups in total. The van der Waals surface area contributed by atoms with Gasteiger partial charge in [-0.15, -0.1) is 0 Å². The van der Waals surface area contributed by atoms with Gasteiger partial charge in [-0.25, -0.2) is 4.79 Å². The quantitative estimate of drug-likeness (QED) is 0.822. The van der Waals surface area contributed by atoms with Crippen molar-refractivity contribution in [3.63, 3.8) is 0 Å². The van der Waals surface area contributed by atoms with Gasteiger partial charge in [0.25, 0.3) is 0 Å². The number of piperidine rings is 1. The van der Waals surface area contributed by atoms with E-state index in [1.165, 1.54) is 0 Å². The third kappa shape index (κ3) is 3.21. The summed E-state index contributed by atoms with van der Waals surface area (Å²) >= 11 is 0. The molecule has 24 heavy (non-hydrogen) atoms. The summed E-state index contributed by atoms with van der Waals surface area (Å²) in [6.07, 6.45) is 4.25. The highest BCUT2D eigenvalue weighted by atomic mass is 16.4. The van der Waals surface area contributed by atoms with Crippen LogP contribution in [0.2, 0.25) is 0 Å². The number of carboxylic acids is 1. The molecule has 3 atom stereocenters. The summed E-state index contributed by atoms with van der Waals surface area (Å²) in [5, 5.41) is 9.23. The van der Waals surface area contributed by atoms with E-state index in [9.17, 15) is 19.5 Å². The number of hydrogen-bond donors (Lipinski definition) is 1. The Morgan fingerprint density at radius 2 is 1.58 bits per heavy atom. The number of carbonyl (C=O) groups is 3. The summed E-state index contributed by atoms with van der Waals surface area (Å²) in [7, 11) is 0. The van der Waals surface area contributed by atoms with Crippen molar-refractivity contribution in [2.75, 3.05) is 32.7 Å². The van der Waals surface area contributed by atoms with Crippen molar-refractivity contribution in [2.45, 2.75) is 45.1 Å². The fourth-order valence-corrected chi connectivity index (χ4v) is 4.28. The molecule has 7 nitrogen and oxygen atoms in total. The molecule has 0 saturated carbocycles. The lowest BCUT2D eigenvalue weighted by Crippen LogP contribution is -2.51. The molecule has 7 heteroatoms. The monoisotopic (exact) mass is 337 g/mol. The molecule has 0 aromatic rings. The van der Waals surface area contributed by atoms with Crippen LogP contribution in [0.25, 0.3) is 0 Å². The van der Waals surface area contributed by atoms with Gasteiger partial charge in [0.05, 0.1) is 11.8 Å². The minimum atomic E-state index is -0.827. The second-order valence-corrected chi connectivity index (χ2v) is 7.27. The molecular formula is C17H27N3O4. The topological polar surface area (TPSA) is 81.2 Å². The molecule has 0 bridgehead atoms. The first-order valence-corrected chi connectivity index (χ1v) is 9.06. The first kappa shape index (κ1) is 17.0. The van der Waals surface area contributed by atoms with Gasteiger partial charge in [0.15, 0.2) is 0 Å². The first-order chi connectivity index (χ1) is 11.5. The van der Waals surface area contributed by atoms with Crippen molar-refractivity contribution >= 4 is 17.9 Å². The minimum absolute atomic E-state index is 0.0187. The molecule has 0 radical (unpaired) electrons. The van der Waals surface area contributed by atoms with E-state index in [1.807, 2.05) is 16.7 Å². The second kappa shape index (κ2) is 6.99. The lowest BCUT2D eigenvalue weighted by molar-refractivity contribution is -0.144. The first-order valence-electron chi connectivity index (χ1n) is 9.06. The normalized spacial score (nSPS) is 30.7. The average Bonchev–Trinajstić information content (AvgIpc) is 3.23. The number of urea groups is 1. The van der Waals surface area contributed by atoms with Gasteiger partial charge in [-0.2, -0.15) is 0 Å². The highest BCUT2D eigenvalue weighted by Crippen LogP contribution is 2.29. The second-order valence-electron chi connectivity index (χ2n) is 7.27. The third-order valence-electron chi connectivity index (χ3n) is 5.77. The van der Waals surface area contributed by atoms with Gasteiger partial charge in [-0.1, -0.05) is 0 Å². The maximum atomic E-state index is 12.8. The van der Waals surface area contributed by atoms with E-state index in [-0.39, 0.29) is 23.9 Å². The number of aliphatic carboxylic acids is 1. The van der Waals surface area contributed by atoms with E-state index in [4.69, 9.17) is 0 Å². The molecule has 3 aliphatic rings. The molecule has 0 spiro atoms. The molecule has 3 fully saturated rings. The van der Waals surface area contributed by atoms with Gasteiger partial charge in [0, 0.05) is 38.8 Å². The van der Waals surface area contributed by atoms with Gasteiger partial charge in [-0.05, 0) is 39.0 Å². The molecule has 3 saturated heterocycles. The van der Waals surface area contributed by atoms with Crippen LogP contribution < -0.4 is 0 Å². The van der Waals surface area contributed by atoms with Gasteiger partial charge in [0.2, 0.25) is 5.91 Å². The molecule has 0 aromatic heterocycles. The number of rotatable bonds is 2. The van der Waals surface area contributed by atoms with Crippen LogP contribution in [0.4, 0.5) is 4.79 Å². The zero-order chi connectivity index (χ0) is 17.3. The van der Waals surface area contributed by atoms with Crippen molar-refractivity contribution < 1.29 is 19.5 Å². The molecule has 0 aliphatic carbocycles. The van der Waals surface area contributed by atoms with Crippen LogP contribution in [-0.4, -0.2) is 76.5 Å². The Balaban J connectivity index is 1.61. The standard InChI is InChI=1S/C17H27N3O4/c1-12-14(16(22)23)6-10-20(12)15(21)13-5-4-9-19(11-13)17(24)18-7-2-3-8-18/h12-14H,2-11H2,1H3,(H,22,23). The summed E-state index contributed by atoms with van der Waals surface area (Å²) in [5.41, 5.74) is 0. The van der Waals surface area contributed by atoms with E-state index in [2.05, 4.69) is 0 Å². The molecule has 0 aromatic carbocycles. The molecule has 3 unspecified atom stereocenters. The van der Waals surface area contributed by atoms with E-state index in [0.29, 0.717) is 26.1 Å². The number of amides is 3. The Morgan fingerprint density at radius 1 is 0.917 bits per heavy atom. The number of hydrogen-bond acceptors (Lipinski definition) is 3. The van der Waals surface area contributed by atoms with E-state index in [1.54, 1.807) is 4.90 Å². The third-order valence-corrected chi connectivity index (χ3v) is 5.77. The molecule has 3 amide bonds. The van der Waals surface area contributed by atoms with Crippen LogP contribution >= 0.6 is 0 Å². The van der Waals surface area contributed by atoms with E-state index >= 15 is 0 Å². The lowest BCUT2D eigenvalue weighted by atomic mass is 9.95. The highest BCUT2D eigenvalue weighted by Gasteiger charge is 2.41. The average molecular weight is 337 g/mol. The predicted molar refractivity (Wildman–Crippen MR) is 87.4 cm³/mol.